The summed E-state index contributed by atoms with van der Waals surface area (Å²) in [6.07, 6.45) is 5.98. The second-order valence-electron chi connectivity index (χ2n) is 5.11. The molecule has 1 rings (SSSR count). The molecule has 0 heterocycles. The lowest BCUT2D eigenvalue weighted by Gasteiger charge is -2.12. The van der Waals surface area contributed by atoms with Crippen molar-refractivity contribution in [3.05, 3.63) is 35.9 Å². The fourth-order valence-corrected chi connectivity index (χ4v) is 1.93. The van der Waals surface area contributed by atoms with Gasteiger partial charge in [0.05, 0.1) is 0 Å². The molecule has 90 valence electrons. The molecule has 0 aliphatic rings. The van der Waals surface area contributed by atoms with Crippen LogP contribution < -0.4 is 5.73 Å². The Morgan fingerprint density at radius 3 is 2.31 bits per heavy atom. The lowest BCUT2D eigenvalue weighted by molar-refractivity contribution is 0.482. The van der Waals surface area contributed by atoms with Gasteiger partial charge in [-0.3, -0.25) is 0 Å². The van der Waals surface area contributed by atoms with Gasteiger partial charge in [-0.2, -0.15) is 0 Å². The second kappa shape index (κ2) is 7.45. The average molecular weight is 219 g/mol. The van der Waals surface area contributed by atoms with Gasteiger partial charge in [0.1, 0.15) is 0 Å². The van der Waals surface area contributed by atoms with E-state index in [9.17, 15) is 0 Å². The third-order valence-corrected chi connectivity index (χ3v) is 3.00. The Balaban J connectivity index is 2.13. The Kier molecular flexibility index (Phi) is 6.17. The summed E-state index contributed by atoms with van der Waals surface area (Å²) in [6.45, 7) is 4.55. The zero-order chi connectivity index (χ0) is 11.8. The summed E-state index contributed by atoms with van der Waals surface area (Å²) in [4.78, 5) is 0. The van der Waals surface area contributed by atoms with E-state index in [4.69, 9.17) is 5.73 Å². The first-order valence-corrected chi connectivity index (χ1v) is 6.48. The number of nitrogens with two attached hydrogens (primary N) is 1. The highest BCUT2D eigenvalue weighted by atomic mass is 14.6. The van der Waals surface area contributed by atoms with E-state index >= 15 is 0 Å². The molecule has 16 heavy (non-hydrogen) atoms. The van der Waals surface area contributed by atoms with E-state index in [-0.39, 0.29) is 0 Å². The van der Waals surface area contributed by atoms with Crippen LogP contribution in [0.2, 0.25) is 0 Å². The molecule has 1 unspecified atom stereocenters. The van der Waals surface area contributed by atoms with E-state index in [2.05, 4.69) is 44.2 Å². The van der Waals surface area contributed by atoms with Crippen LogP contribution in [0.5, 0.6) is 0 Å². The van der Waals surface area contributed by atoms with Gasteiger partial charge in [-0.15, -0.1) is 0 Å². The number of aryl methyl sites for hydroxylation is 1. The zero-order valence-corrected chi connectivity index (χ0v) is 10.7. The number of benzene rings is 1. The topological polar surface area (TPSA) is 26.0 Å². The minimum Gasteiger partial charge on any atom is -0.328 e. The number of hydrogen-bond donors (Lipinski definition) is 1. The van der Waals surface area contributed by atoms with Gasteiger partial charge >= 0.3 is 0 Å². The van der Waals surface area contributed by atoms with Crippen LogP contribution in [-0.2, 0) is 6.42 Å². The molecule has 0 bridgehead atoms. The van der Waals surface area contributed by atoms with Gasteiger partial charge in [0, 0.05) is 6.04 Å². The van der Waals surface area contributed by atoms with Gasteiger partial charge in [-0.1, -0.05) is 57.0 Å². The Morgan fingerprint density at radius 2 is 1.69 bits per heavy atom. The van der Waals surface area contributed by atoms with Crippen LogP contribution in [0.1, 0.15) is 45.1 Å². The van der Waals surface area contributed by atoms with Crippen LogP contribution in [-0.4, -0.2) is 6.04 Å². The Labute approximate surface area is 100 Å². The quantitative estimate of drug-likeness (QED) is 0.742. The van der Waals surface area contributed by atoms with Crippen molar-refractivity contribution in [2.24, 2.45) is 11.7 Å². The van der Waals surface area contributed by atoms with Crippen molar-refractivity contribution >= 4 is 0 Å². The van der Waals surface area contributed by atoms with Crippen LogP contribution in [0, 0.1) is 5.92 Å². The molecular weight excluding hydrogens is 194 g/mol. The molecule has 2 N–H and O–H groups in total. The zero-order valence-electron chi connectivity index (χ0n) is 10.7. The molecule has 0 spiro atoms. The van der Waals surface area contributed by atoms with Gasteiger partial charge in [0.15, 0.2) is 0 Å². The SMILES string of the molecule is CC(C)CCCC(N)CCc1ccccc1. The molecule has 0 aliphatic heterocycles. The van der Waals surface area contributed by atoms with Crippen molar-refractivity contribution in [2.45, 2.75) is 52.0 Å². The molecule has 1 nitrogen and oxygen atoms in total. The predicted molar refractivity (Wildman–Crippen MR) is 71.4 cm³/mol. The summed E-state index contributed by atoms with van der Waals surface area (Å²) in [7, 11) is 0. The highest BCUT2D eigenvalue weighted by Gasteiger charge is 2.03. The maximum Gasteiger partial charge on any atom is 0.00419 e. The van der Waals surface area contributed by atoms with Crippen molar-refractivity contribution in [3.8, 4) is 0 Å². The van der Waals surface area contributed by atoms with Crippen LogP contribution in [0.3, 0.4) is 0 Å². The van der Waals surface area contributed by atoms with E-state index in [0.29, 0.717) is 6.04 Å². The van der Waals surface area contributed by atoms with Crippen LogP contribution in [0.15, 0.2) is 30.3 Å². The molecule has 0 amide bonds. The largest absolute Gasteiger partial charge is 0.328 e. The fourth-order valence-electron chi connectivity index (χ4n) is 1.93. The van der Waals surface area contributed by atoms with Crippen molar-refractivity contribution in [2.75, 3.05) is 0 Å². The fraction of sp³-hybridized carbons (Fsp3) is 0.600. The van der Waals surface area contributed by atoms with Crippen molar-refractivity contribution in [3.63, 3.8) is 0 Å². The molecule has 0 saturated heterocycles. The maximum absolute atomic E-state index is 6.11. The summed E-state index contributed by atoms with van der Waals surface area (Å²) >= 11 is 0. The third-order valence-electron chi connectivity index (χ3n) is 3.00. The van der Waals surface area contributed by atoms with Gasteiger partial charge in [-0.05, 0) is 30.7 Å². The Hall–Kier alpha value is -0.820. The van der Waals surface area contributed by atoms with Crippen LogP contribution in [0.25, 0.3) is 0 Å². The minimum absolute atomic E-state index is 0.374. The van der Waals surface area contributed by atoms with Gasteiger partial charge in [-0.25, -0.2) is 0 Å². The molecule has 0 saturated carbocycles. The van der Waals surface area contributed by atoms with Crippen molar-refractivity contribution < 1.29 is 0 Å². The van der Waals surface area contributed by atoms with Crippen LogP contribution in [0.4, 0.5) is 0 Å². The molecule has 1 heteroatoms. The lowest BCUT2D eigenvalue weighted by Crippen LogP contribution is -2.20. The third kappa shape index (κ3) is 5.92. The van der Waals surface area contributed by atoms with E-state index in [0.717, 1.165) is 18.8 Å². The maximum atomic E-state index is 6.11. The molecule has 0 aromatic heterocycles. The molecular formula is C15H25N. The average Bonchev–Trinajstić information content (AvgIpc) is 2.27. The van der Waals surface area contributed by atoms with Crippen LogP contribution >= 0.6 is 0 Å². The molecule has 0 radical (unpaired) electrons. The normalized spacial score (nSPS) is 13.0. The molecule has 1 aromatic rings. The molecule has 1 aromatic carbocycles. The monoisotopic (exact) mass is 219 g/mol. The number of hydrogen-bond acceptors (Lipinski definition) is 1. The van der Waals surface area contributed by atoms with Gasteiger partial charge in [0.25, 0.3) is 0 Å². The summed E-state index contributed by atoms with van der Waals surface area (Å²) in [5.41, 5.74) is 7.51. The molecule has 1 atom stereocenters. The Morgan fingerprint density at radius 1 is 1.00 bits per heavy atom. The summed E-state index contributed by atoms with van der Waals surface area (Å²) in [5.74, 6) is 0.807. The first-order valence-electron chi connectivity index (χ1n) is 6.48. The summed E-state index contributed by atoms with van der Waals surface area (Å²) in [5, 5.41) is 0. The van der Waals surface area contributed by atoms with Crippen molar-refractivity contribution in [1.82, 2.24) is 0 Å². The predicted octanol–water partition coefficient (Wildman–Crippen LogP) is 3.77. The summed E-state index contributed by atoms with van der Waals surface area (Å²) in [6, 6.07) is 11.0. The van der Waals surface area contributed by atoms with E-state index in [1.165, 1.54) is 24.8 Å². The minimum atomic E-state index is 0.374. The van der Waals surface area contributed by atoms with Gasteiger partial charge < -0.3 is 5.73 Å². The highest BCUT2D eigenvalue weighted by Crippen LogP contribution is 2.11. The Bertz CT molecular complexity index is 266. The van der Waals surface area contributed by atoms with Gasteiger partial charge in [0.2, 0.25) is 0 Å². The summed E-state index contributed by atoms with van der Waals surface area (Å²) < 4.78 is 0. The second-order valence-corrected chi connectivity index (χ2v) is 5.11. The molecule has 0 fully saturated rings. The van der Waals surface area contributed by atoms with E-state index in [1.807, 2.05) is 0 Å². The number of rotatable bonds is 7. The highest BCUT2D eigenvalue weighted by molar-refractivity contribution is 5.14. The van der Waals surface area contributed by atoms with E-state index < -0.39 is 0 Å². The lowest BCUT2D eigenvalue weighted by atomic mass is 9.99. The molecule has 0 aliphatic carbocycles. The standard InChI is InChI=1S/C15H25N/c1-13(2)7-6-10-15(16)12-11-14-8-4-3-5-9-14/h3-5,8-9,13,15H,6-7,10-12,16H2,1-2H3. The van der Waals surface area contributed by atoms with E-state index in [1.54, 1.807) is 0 Å². The van der Waals surface area contributed by atoms with Crippen molar-refractivity contribution in [1.29, 1.82) is 0 Å². The first kappa shape index (κ1) is 13.2. The first-order chi connectivity index (χ1) is 7.68. The smallest absolute Gasteiger partial charge is 0.00419 e.